The van der Waals surface area contributed by atoms with Crippen molar-refractivity contribution in [1.29, 1.82) is 0 Å². The lowest BCUT2D eigenvalue weighted by atomic mass is 9.70. The minimum Gasteiger partial charge on any atom is -0.320 e. The maximum atomic E-state index is 6.17. The molecule has 15 heavy (non-hydrogen) atoms. The van der Waals surface area contributed by atoms with Crippen molar-refractivity contribution in [2.75, 3.05) is 13.6 Å². The third kappa shape index (κ3) is 2.53. The zero-order valence-electron chi connectivity index (χ0n) is 9.17. The maximum Gasteiger partial charge on any atom is 0.0440 e. The van der Waals surface area contributed by atoms with Gasteiger partial charge in [0.15, 0.2) is 0 Å². The highest BCUT2D eigenvalue weighted by atomic mass is 35.5. The van der Waals surface area contributed by atoms with Gasteiger partial charge in [-0.1, -0.05) is 29.8 Å². The molecule has 0 heterocycles. The van der Waals surface area contributed by atoms with Crippen molar-refractivity contribution < 1.29 is 0 Å². The predicted molar refractivity (Wildman–Crippen MR) is 65.5 cm³/mol. The van der Waals surface area contributed by atoms with Gasteiger partial charge in [0.25, 0.3) is 0 Å². The van der Waals surface area contributed by atoms with Crippen molar-refractivity contribution in [1.82, 2.24) is 5.32 Å². The third-order valence-electron chi connectivity index (χ3n) is 3.38. The van der Waals surface area contributed by atoms with E-state index in [2.05, 4.69) is 17.4 Å². The van der Waals surface area contributed by atoms with Crippen LogP contribution in [0.5, 0.6) is 0 Å². The maximum absolute atomic E-state index is 6.17. The van der Waals surface area contributed by atoms with Crippen molar-refractivity contribution in [2.45, 2.75) is 25.2 Å². The van der Waals surface area contributed by atoms with Crippen LogP contribution >= 0.6 is 11.6 Å². The monoisotopic (exact) mass is 223 g/mol. The molecule has 1 aromatic carbocycles. The van der Waals surface area contributed by atoms with E-state index >= 15 is 0 Å². The van der Waals surface area contributed by atoms with Crippen LogP contribution in [0.4, 0.5) is 0 Å². The summed E-state index contributed by atoms with van der Waals surface area (Å²) in [5.41, 5.74) is 1.35. The molecule has 0 aliphatic heterocycles. The van der Waals surface area contributed by atoms with Gasteiger partial charge in [0, 0.05) is 5.02 Å². The van der Waals surface area contributed by atoms with Crippen molar-refractivity contribution in [3.63, 3.8) is 0 Å². The van der Waals surface area contributed by atoms with Crippen molar-refractivity contribution in [3.05, 3.63) is 34.9 Å². The van der Waals surface area contributed by atoms with E-state index in [0.29, 0.717) is 5.92 Å². The first kappa shape index (κ1) is 11.0. The third-order valence-corrected chi connectivity index (χ3v) is 3.73. The molecular weight excluding hydrogens is 206 g/mol. The number of halogens is 1. The molecule has 1 aromatic rings. The first-order valence-corrected chi connectivity index (χ1v) is 6.08. The molecule has 0 saturated heterocycles. The lowest BCUT2D eigenvalue weighted by Gasteiger charge is -2.36. The van der Waals surface area contributed by atoms with E-state index in [1.807, 2.05) is 19.2 Å². The second-order valence-electron chi connectivity index (χ2n) is 4.45. The quantitative estimate of drug-likeness (QED) is 0.825. The van der Waals surface area contributed by atoms with Gasteiger partial charge in [-0.2, -0.15) is 0 Å². The molecule has 82 valence electrons. The van der Waals surface area contributed by atoms with Crippen molar-refractivity contribution in [2.24, 2.45) is 5.92 Å². The van der Waals surface area contributed by atoms with Gasteiger partial charge in [-0.3, -0.25) is 0 Å². The van der Waals surface area contributed by atoms with Crippen LogP contribution in [0.25, 0.3) is 0 Å². The number of hydrogen-bond donors (Lipinski definition) is 1. The fraction of sp³-hybridized carbons (Fsp3) is 0.538. The van der Waals surface area contributed by atoms with Crippen LogP contribution in [0.1, 0.15) is 30.7 Å². The zero-order valence-corrected chi connectivity index (χ0v) is 9.93. The first-order valence-electron chi connectivity index (χ1n) is 5.70. The highest BCUT2D eigenvalue weighted by Gasteiger charge is 2.30. The molecule has 1 aliphatic carbocycles. The topological polar surface area (TPSA) is 12.0 Å². The Hall–Kier alpha value is -0.530. The lowest BCUT2D eigenvalue weighted by Crippen LogP contribution is -2.25. The molecule has 0 atom stereocenters. The molecule has 0 radical (unpaired) electrons. The summed E-state index contributed by atoms with van der Waals surface area (Å²) in [4.78, 5) is 0. The molecule has 0 bridgehead atoms. The van der Waals surface area contributed by atoms with Crippen LogP contribution in [-0.4, -0.2) is 13.6 Å². The van der Waals surface area contributed by atoms with Gasteiger partial charge in [-0.15, -0.1) is 0 Å². The molecule has 1 nitrogen and oxygen atoms in total. The van der Waals surface area contributed by atoms with E-state index in [1.54, 1.807) is 0 Å². The second-order valence-corrected chi connectivity index (χ2v) is 4.86. The molecule has 0 aromatic heterocycles. The van der Waals surface area contributed by atoms with Gasteiger partial charge in [0.2, 0.25) is 0 Å². The fourth-order valence-corrected chi connectivity index (χ4v) is 2.67. The van der Waals surface area contributed by atoms with E-state index < -0.39 is 0 Å². The number of rotatable bonds is 4. The number of benzene rings is 1. The average Bonchev–Trinajstić information content (AvgIpc) is 2.18. The van der Waals surface area contributed by atoms with E-state index in [1.165, 1.54) is 24.8 Å². The SMILES string of the molecule is CNCCC1CC(c2ccccc2Cl)C1. The molecule has 1 saturated carbocycles. The summed E-state index contributed by atoms with van der Waals surface area (Å²) in [5, 5.41) is 4.15. The Kier molecular flexibility index (Phi) is 3.66. The normalized spacial score (nSPS) is 24.9. The fourth-order valence-electron chi connectivity index (χ4n) is 2.38. The molecule has 0 amide bonds. The van der Waals surface area contributed by atoms with E-state index in [4.69, 9.17) is 11.6 Å². The van der Waals surface area contributed by atoms with Gasteiger partial charge >= 0.3 is 0 Å². The van der Waals surface area contributed by atoms with Crippen LogP contribution in [0.15, 0.2) is 24.3 Å². The standard InChI is InChI=1S/C13H18ClN/c1-15-7-6-10-8-11(9-10)12-4-2-3-5-13(12)14/h2-5,10-11,15H,6-9H2,1H3. The Morgan fingerprint density at radius 1 is 1.33 bits per heavy atom. The first-order chi connectivity index (χ1) is 7.31. The van der Waals surface area contributed by atoms with E-state index in [0.717, 1.165) is 17.5 Å². The Bertz CT molecular complexity index is 318. The van der Waals surface area contributed by atoms with Crippen LogP contribution in [0, 0.1) is 5.92 Å². The number of nitrogens with one attached hydrogen (secondary N) is 1. The van der Waals surface area contributed by atoms with Crippen LogP contribution in [0.2, 0.25) is 5.02 Å². The van der Waals surface area contributed by atoms with Crippen molar-refractivity contribution >= 4 is 11.6 Å². The Labute approximate surface area is 96.8 Å². The lowest BCUT2D eigenvalue weighted by molar-refractivity contribution is 0.247. The summed E-state index contributed by atoms with van der Waals surface area (Å²) in [6, 6.07) is 8.25. The molecule has 2 heteroatoms. The van der Waals surface area contributed by atoms with E-state index in [-0.39, 0.29) is 0 Å². The Morgan fingerprint density at radius 3 is 2.73 bits per heavy atom. The van der Waals surface area contributed by atoms with Crippen LogP contribution < -0.4 is 5.32 Å². The predicted octanol–water partition coefficient (Wildman–Crippen LogP) is 3.44. The molecule has 1 N–H and O–H groups in total. The minimum atomic E-state index is 0.709. The summed E-state index contributed by atoms with van der Waals surface area (Å²) >= 11 is 6.17. The molecule has 1 aliphatic rings. The summed E-state index contributed by atoms with van der Waals surface area (Å²) in [6.07, 6.45) is 3.92. The molecule has 0 unspecified atom stereocenters. The largest absolute Gasteiger partial charge is 0.320 e. The highest BCUT2D eigenvalue weighted by Crippen LogP contribution is 2.45. The van der Waals surface area contributed by atoms with Gasteiger partial charge in [0.1, 0.15) is 0 Å². The van der Waals surface area contributed by atoms with Gasteiger partial charge in [-0.05, 0) is 56.3 Å². The average molecular weight is 224 g/mol. The summed E-state index contributed by atoms with van der Waals surface area (Å²) < 4.78 is 0. The highest BCUT2D eigenvalue weighted by molar-refractivity contribution is 6.31. The van der Waals surface area contributed by atoms with Gasteiger partial charge in [-0.25, -0.2) is 0 Å². The minimum absolute atomic E-state index is 0.709. The molecule has 0 spiro atoms. The molecular formula is C13H18ClN. The molecule has 1 fully saturated rings. The van der Waals surface area contributed by atoms with E-state index in [9.17, 15) is 0 Å². The summed E-state index contributed by atoms with van der Waals surface area (Å²) in [6.45, 7) is 1.14. The Morgan fingerprint density at radius 2 is 2.07 bits per heavy atom. The number of hydrogen-bond acceptors (Lipinski definition) is 1. The van der Waals surface area contributed by atoms with Gasteiger partial charge in [0.05, 0.1) is 0 Å². The second kappa shape index (κ2) is 5.00. The van der Waals surface area contributed by atoms with Crippen LogP contribution in [0.3, 0.4) is 0 Å². The van der Waals surface area contributed by atoms with Crippen molar-refractivity contribution in [3.8, 4) is 0 Å². The van der Waals surface area contributed by atoms with Gasteiger partial charge < -0.3 is 5.32 Å². The molecule has 2 rings (SSSR count). The Balaban J connectivity index is 1.87. The summed E-state index contributed by atoms with van der Waals surface area (Å²) in [7, 11) is 2.02. The van der Waals surface area contributed by atoms with Crippen LogP contribution in [-0.2, 0) is 0 Å². The smallest absolute Gasteiger partial charge is 0.0440 e. The zero-order chi connectivity index (χ0) is 10.7. The summed E-state index contributed by atoms with van der Waals surface area (Å²) in [5.74, 6) is 1.61.